The molecule has 0 spiro atoms. The van der Waals surface area contributed by atoms with Crippen molar-refractivity contribution in [2.24, 2.45) is 5.92 Å². The smallest absolute Gasteiger partial charge is 0.293 e. The summed E-state index contributed by atoms with van der Waals surface area (Å²) in [4.78, 5) is 34.2. The van der Waals surface area contributed by atoms with Crippen LogP contribution in [0.4, 0.5) is 5.69 Å². The molecule has 0 unspecified atom stereocenters. The molecule has 0 bridgehead atoms. The van der Waals surface area contributed by atoms with Gasteiger partial charge in [0.15, 0.2) is 0 Å². The van der Waals surface area contributed by atoms with E-state index >= 15 is 0 Å². The van der Waals surface area contributed by atoms with Gasteiger partial charge in [0.25, 0.3) is 0 Å². The quantitative estimate of drug-likeness (QED) is 0.588. The maximum Gasteiger partial charge on any atom is 0.350 e. The minimum absolute atomic E-state index is 0.392. The highest BCUT2D eigenvalue weighted by atomic mass is 16.6. The van der Waals surface area contributed by atoms with E-state index in [1.54, 1.807) is 0 Å². The van der Waals surface area contributed by atoms with Gasteiger partial charge in [-0.05, 0) is 18.8 Å². The Morgan fingerprint density at radius 2 is 2.19 bits per heavy atom. The van der Waals surface area contributed by atoms with Crippen molar-refractivity contribution in [3.63, 3.8) is 0 Å². The van der Waals surface area contributed by atoms with Crippen molar-refractivity contribution in [1.82, 2.24) is 9.55 Å². The van der Waals surface area contributed by atoms with Crippen molar-refractivity contribution in [3.8, 4) is 0 Å². The van der Waals surface area contributed by atoms with Gasteiger partial charge in [0.05, 0.1) is 11.1 Å². The van der Waals surface area contributed by atoms with Crippen LogP contribution >= 0.6 is 0 Å². The molecule has 0 aliphatic heterocycles. The van der Waals surface area contributed by atoms with Crippen molar-refractivity contribution < 1.29 is 4.92 Å². The van der Waals surface area contributed by atoms with Gasteiger partial charge < -0.3 is 0 Å². The van der Waals surface area contributed by atoms with Crippen molar-refractivity contribution >= 4 is 5.69 Å². The number of hydrogen-bond acceptors (Lipinski definition) is 4. The van der Waals surface area contributed by atoms with Crippen molar-refractivity contribution in [3.05, 3.63) is 37.1 Å². The van der Waals surface area contributed by atoms with Crippen molar-refractivity contribution in [1.29, 1.82) is 0 Å². The van der Waals surface area contributed by atoms with Gasteiger partial charge >= 0.3 is 16.9 Å². The van der Waals surface area contributed by atoms with Gasteiger partial charge in [-0.1, -0.05) is 6.42 Å². The Morgan fingerprint density at radius 3 is 2.69 bits per heavy atom. The highest BCUT2D eigenvalue weighted by molar-refractivity contribution is 5.20. The SMILES string of the molecule is O=c1[nH]c(=O)n(CC2CCC2)cc1[N+](=O)[O-]. The molecule has 86 valence electrons. The number of nitrogens with zero attached hydrogens (tertiary/aromatic N) is 2. The van der Waals surface area contributed by atoms with Crippen LogP contribution in [0.5, 0.6) is 0 Å². The van der Waals surface area contributed by atoms with Crippen LogP contribution in [0.3, 0.4) is 0 Å². The number of nitrogens with one attached hydrogen (secondary N) is 1. The fourth-order valence-electron chi connectivity index (χ4n) is 1.72. The molecule has 1 saturated carbocycles. The van der Waals surface area contributed by atoms with E-state index in [1.807, 2.05) is 4.98 Å². The molecule has 1 fully saturated rings. The van der Waals surface area contributed by atoms with Crippen LogP contribution in [-0.4, -0.2) is 14.5 Å². The average molecular weight is 225 g/mol. The molecule has 0 atom stereocenters. The van der Waals surface area contributed by atoms with Gasteiger partial charge in [-0.2, -0.15) is 0 Å². The van der Waals surface area contributed by atoms with Crippen LogP contribution in [0.25, 0.3) is 0 Å². The molecule has 7 nitrogen and oxygen atoms in total. The van der Waals surface area contributed by atoms with E-state index in [4.69, 9.17) is 0 Å². The van der Waals surface area contributed by atoms with Crippen LogP contribution in [0.1, 0.15) is 19.3 Å². The highest BCUT2D eigenvalue weighted by Gasteiger charge is 2.21. The minimum Gasteiger partial charge on any atom is -0.293 e. The molecule has 16 heavy (non-hydrogen) atoms. The van der Waals surface area contributed by atoms with Crippen LogP contribution < -0.4 is 11.2 Å². The molecule has 0 aromatic carbocycles. The average Bonchev–Trinajstić information content (AvgIpc) is 2.13. The first-order chi connectivity index (χ1) is 7.58. The summed E-state index contributed by atoms with van der Waals surface area (Å²) >= 11 is 0. The monoisotopic (exact) mass is 225 g/mol. The standard InChI is InChI=1S/C9H11N3O4/c13-8-7(12(15)16)5-11(9(14)10-8)4-6-2-1-3-6/h5-6H,1-4H2,(H,10,13,14). The zero-order valence-corrected chi connectivity index (χ0v) is 8.51. The molecule has 1 heterocycles. The Bertz CT molecular complexity index is 526. The predicted octanol–water partition coefficient (Wildman–Crippen LogP) is 0.245. The van der Waals surface area contributed by atoms with Crippen molar-refractivity contribution in [2.75, 3.05) is 0 Å². The Morgan fingerprint density at radius 1 is 1.50 bits per heavy atom. The third-order valence-corrected chi connectivity index (χ3v) is 2.87. The van der Waals surface area contributed by atoms with E-state index in [0.29, 0.717) is 12.5 Å². The normalized spacial score (nSPS) is 15.8. The summed E-state index contributed by atoms with van der Waals surface area (Å²) in [5, 5.41) is 10.5. The van der Waals surface area contributed by atoms with Gasteiger partial charge in [0.2, 0.25) is 0 Å². The largest absolute Gasteiger partial charge is 0.350 e. The summed E-state index contributed by atoms with van der Waals surface area (Å²) in [7, 11) is 0. The topological polar surface area (TPSA) is 98.0 Å². The number of hydrogen-bond donors (Lipinski definition) is 1. The second kappa shape index (κ2) is 3.92. The maximum absolute atomic E-state index is 11.4. The van der Waals surface area contributed by atoms with Gasteiger partial charge in [-0.3, -0.25) is 24.5 Å². The number of aromatic nitrogens is 2. The van der Waals surface area contributed by atoms with E-state index in [-0.39, 0.29) is 0 Å². The molecule has 1 aromatic heterocycles. The molecular weight excluding hydrogens is 214 g/mol. The van der Waals surface area contributed by atoms with Gasteiger partial charge in [-0.25, -0.2) is 4.79 Å². The van der Waals surface area contributed by atoms with Crippen LogP contribution in [0, 0.1) is 16.0 Å². The molecule has 2 rings (SSSR count). The molecule has 1 N–H and O–H groups in total. The summed E-state index contributed by atoms with van der Waals surface area (Å²) in [5.74, 6) is 0.392. The fraction of sp³-hybridized carbons (Fsp3) is 0.556. The molecule has 0 radical (unpaired) electrons. The zero-order chi connectivity index (χ0) is 11.7. The number of rotatable bonds is 3. The Kier molecular flexibility index (Phi) is 2.59. The Labute approximate surface area is 89.9 Å². The molecular formula is C9H11N3O4. The van der Waals surface area contributed by atoms with E-state index in [1.165, 1.54) is 4.57 Å². The first-order valence-electron chi connectivity index (χ1n) is 5.06. The Balaban J connectivity index is 2.36. The molecule has 7 heteroatoms. The minimum atomic E-state index is -0.945. The zero-order valence-electron chi connectivity index (χ0n) is 8.51. The van der Waals surface area contributed by atoms with E-state index < -0.39 is 21.9 Å². The van der Waals surface area contributed by atoms with Gasteiger partial charge in [0.1, 0.15) is 0 Å². The first-order valence-corrected chi connectivity index (χ1v) is 5.06. The maximum atomic E-state index is 11.4. The third-order valence-electron chi connectivity index (χ3n) is 2.87. The number of H-pyrrole nitrogens is 1. The molecule has 1 aromatic rings. The second-order valence-corrected chi connectivity index (χ2v) is 3.98. The lowest BCUT2D eigenvalue weighted by Gasteiger charge is -2.25. The third kappa shape index (κ3) is 1.88. The van der Waals surface area contributed by atoms with Crippen LogP contribution in [0.2, 0.25) is 0 Å². The molecule has 1 aliphatic carbocycles. The fourth-order valence-corrected chi connectivity index (χ4v) is 1.72. The van der Waals surface area contributed by atoms with Crippen LogP contribution in [0.15, 0.2) is 15.8 Å². The van der Waals surface area contributed by atoms with E-state index in [0.717, 1.165) is 25.5 Å². The van der Waals surface area contributed by atoms with E-state index in [9.17, 15) is 19.7 Å². The summed E-state index contributed by atoms with van der Waals surface area (Å²) in [6.45, 7) is 0.441. The summed E-state index contributed by atoms with van der Waals surface area (Å²) < 4.78 is 1.21. The second-order valence-electron chi connectivity index (χ2n) is 3.98. The molecule has 1 aliphatic rings. The summed E-state index contributed by atoms with van der Waals surface area (Å²) in [6, 6.07) is 0. The van der Waals surface area contributed by atoms with Crippen molar-refractivity contribution in [2.45, 2.75) is 25.8 Å². The number of nitro groups is 1. The van der Waals surface area contributed by atoms with Gasteiger partial charge in [-0.15, -0.1) is 0 Å². The molecule has 0 amide bonds. The lowest BCUT2D eigenvalue weighted by atomic mass is 9.85. The first kappa shape index (κ1) is 10.6. The predicted molar refractivity (Wildman–Crippen MR) is 55.3 cm³/mol. The molecule has 0 saturated heterocycles. The van der Waals surface area contributed by atoms with Gasteiger partial charge in [0, 0.05) is 6.54 Å². The van der Waals surface area contributed by atoms with E-state index in [2.05, 4.69) is 0 Å². The van der Waals surface area contributed by atoms with Crippen LogP contribution in [-0.2, 0) is 6.54 Å². The number of aromatic amines is 1. The lowest BCUT2D eigenvalue weighted by molar-refractivity contribution is -0.386. The summed E-state index contributed by atoms with van der Waals surface area (Å²) in [6.07, 6.45) is 4.21. The highest BCUT2D eigenvalue weighted by Crippen LogP contribution is 2.27. The lowest BCUT2D eigenvalue weighted by Crippen LogP contribution is -2.33. The summed E-state index contributed by atoms with van der Waals surface area (Å²) in [5.41, 5.74) is -2.11. The Hall–Kier alpha value is -1.92.